The van der Waals surface area contributed by atoms with Crippen LogP contribution in [-0.2, 0) is 10.2 Å². The van der Waals surface area contributed by atoms with Gasteiger partial charge in [-0.1, -0.05) is 23.7 Å². The molecule has 0 aliphatic rings. The highest BCUT2D eigenvalue weighted by molar-refractivity contribution is 6.30. The van der Waals surface area contributed by atoms with E-state index in [1.807, 2.05) is 0 Å². The van der Waals surface area contributed by atoms with Crippen LogP contribution < -0.4 is 10.1 Å². The van der Waals surface area contributed by atoms with Gasteiger partial charge < -0.3 is 10.1 Å². The number of aromatic nitrogens is 1. The summed E-state index contributed by atoms with van der Waals surface area (Å²) in [4.78, 5) is 16.5. The number of nitriles is 1. The summed E-state index contributed by atoms with van der Waals surface area (Å²) in [5.74, 6) is 0.00281. The van der Waals surface area contributed by atoms with Crippen molar-refractivity contribution in [3.05, 3.63) is 53.2 Å². The number of benzene rings is 1. The molecule has 2 rings (SSSR count). The fourth-order valence-electron chi connectivity index (χ4n) is 1.86. The minimum absolute atomic E-state index is 0.440. The highest BCUT2D eigenvalue weighted by atomic mass is 35.5. The van der Waals surface area contributed by atoms with Crippen molar-refractivity contribution in [2.45, 2.75) is 12.3 Å². The first-order chi connectivity index (χ1) is 10.5. The Labute approximate surface area is 133 Å². The Bertz CT molecular complexity index is 708. The van der Waals surface area contributed by atoms with Gasteiger partial charge in [0.25, 0.3) is 0 Å². The number of methoxy groups -OCH3 is 1. The average Bonchev–Trinajstić information content (AvgIpc) is 2.55. The van der Waals surface area contributed by atoms with Gasteiger partial charge in [0, 0.05) is 11.1 Å². The van der Waals surface area contributed by atoms with Crippen molar-refractivity contribution in [2.75, 3.05) is 12.4 Å². The Morgan fingerprint density at radius 1 is 1.32 bits per heavy atom. The molecule has 6 heteroatoms. The highest BCUT2D eigenvalue weighted by Crippen LogP contribution is 2.26. The van der Waals surface area contributed by atoms with Gasteiger partial charge in [-0.2, -0.15) is 5.26 Å². The Morgan fingerprint density at radius 2 is 2.00 bits per heavy atom. The fraction of sp³-hybridized carbons (Fsp3) is 0.188. The average molecular weight is 316 g/mol. The molecule has 0 fully saturated rings. The van der Waals surface area contributed by atoms with Crippen LogP contribution in [0.15, 0.2) is 42.6 Å². The number of hydrogen-bond acceptors (Lipinski definition) is 4. The maximum Gasteiger partial charge on any atom is 0.249 e. The Kier molecular flexibility index (Phi) is 4.64. The van der Waals surface area contributed by atoms with Crippen molar-refractivity contribution in [1.82, 2.24) is 4.98 Å². The molecule has 1 unspecified atom stereocenters. The molecule has 0 radical (unpaired) electrons. The van der Waals surface area contributed by atoms with Crippen molar-refractivity contribution < 1.29 is 9.53 Å². The quantitative estimate of drug-likeness (QED) is 0.940. The van der Waals surface area contributed by atoms with Gasteiger partial charge in [-0.3, -0.25) is 4.79 Å². The summed E-state index contributed by atoms with van der Waals surface area (Å²) in [5, 5.41) is 12.7. The Hall–Kier alpha value is -2.58. The lowest BCUT2D eigenvalue weighted by molar-refractivity contribution is -0.119. The second kappa shape index (κ2) is 6.46. The largest absolute Gasteiger partial charge is 0.481 e. The van der Waals surface area contributed by atoms with Gasteiger partial charge in [-0.15, -0.1) is 0 Å². The summed E-state index contributed by atoms with van der Waals surface area (Å²) < 4.78 is 4.95. The van der Waals surface area contributed by atoms with Crippen molar-refractivity contribution in [2.24, 2.45) is 0 Å². The molecule has 1 N–H and O–H groups in total. The minimum atomic E-state index is -1.33. The number of amides is 1. The third-order valence-electron chi connectivity index (χ3n) is 3.30. The second-order valence-corrected chi connectivity index (χ2v) is 5.22. The predicted octanol–water partition coefficient (Wildman–Crippen LogP) is 3.16. The Morgan fingerprint density at radius 3 is 2.50 bits per heavy atom. The molecule has 1 aromatic heterocycles. The SMILES string of the molecule is COc1ccc(NC(=O)C(C)(C#N)c2ccc(Cl)cc2)cn1. The molecule has 0 aliphatic carbocycles. The van der Waals surface area contributed by atoms with E-state index in [9.17, 15) is 10.1 Å². The summed E-state index contributed by atoms with van der Waals surface area (Å²) >= 11 is 5.84. The summed E-state index contributed by atoms with van der Waals surface area (Å²) in [5.41, 5.74) is -0.274. The summed E-state index contributed by atoms with van der Waals surface area (Å²) in [6, 6.07) is 12.0. The molecular formula is C16H14ClN3O2. The van der Waals surface area contributed by atoms with Gasteiger partial charge in [0.15, 0.2) is 5.41 Å². The maximum atomic E-state index is 12.5. The van der Waals surface area contributed by atoms with Crippen LogP contribution in [0.2, 0.25) is 5.02 Å². The van der Waals surface area contributed by atoms with Crippen LogP contribution in [-0.4, -0.2) is 18.0 Å². The van der Waals surface area contributed by atoms with E-state index in [1.54, 1.807) is 43.3 Å². The van der Waals surface area contributed by atoms with Gasteiger partial charge in [-0.25, -0.2) is 4.98 Å². The standard InChI is InChI=1S/C16H14ClN3O2/c1-16(10-18,11-3-5-12(17)6-4-11)15(21)20-13-7-8-14(22-2)19-9-13/h3-9H,1-2H3,(H,20,21). The van der Waals surface area contributed by atoms with Gasteiger partial charge in [0.05, 0.1) is 25.1 Å². The molecule has 2 aromatic rings. The van der Waals surface area contributed by atoms with Crippen LogP contribution >= 0.6 is 11.6 Å². The summed E-state index contributed by atoms with van der Waals surface area (Å²) in [6.07, 6.45) is 1.47. The van der Waals surface area contributed by atoms with Gasteiger partial charge in [-0.05, 0) is 30.7 Å². The van der Waals surface area contributed by atoms with E-state index in [4.69, 9.17) is 16.3 Å². The van der Waals surface area contributed by atoms with E-state index in [0.29, 0.717) is 22.2 Å². The lowest BCUT2D eigenvalue weighted by Crippen LogP contribution is -2.36. The monoisotopic (exact) mass is 315 g/mol. The number of ether oxygens (including phenoxy) is 1. The molecule has 22 heavy (non-hydrogen) atoms. The second-order valence-electron chi connectivity index (χ2n) is 4.79. The number of rotatable bonds is 4. The van der Waals surface area contributed by atoms with Crippen molar-refractivity contribution >= 4 is 23.2 Å². The molecular weight excluding hydrogens is 302 g/mol. The number of anilines is 1. The zero-order valence-electron chi connectivity index (χ0n) is 12.1. The highest BCUT2D eigenvalue weighted by Gasteiger charge is 2.35. The molecule has 0 aliphatic heterocycles. The number of pyridine rings is 1. The third-order valence-corrected chi connectivity index (χ3v) is 3.55. The first-order valence-electron chi connectivity index (χ1n) is 6.48. The number of nitrogens with zero attached hydrogens (tertiary/aromatic N) is 2. The van der Waals surface area contributed by atoms with Crippen LogP contribution in [0.1, 0.15) is 12.5 Å². The number of carbonyl (C=O) groups excluding carboxylic acids is 1. The lowest BCUT2D eigenvalue weighted by Gasteiger charge is -2.21. The number of hydrogen-bond donors (Lipinski definition) is 1. The first kappa shape index (κ1) is 15.8. The van der Waals surface area contributed by atoms with Crippen LogP contribution in [0.5, 0.6) is 5.88 Å². The zero-order valence-corrected chi connectivity index (χ0v) is 12.9. The minimum Gasteiger partial charge on any atom is -0.481 e. The van der Waals surface area contributed by atoms with E-state index in [1.165, 1.54) is 13.3 Å². The number of halogens is 1. The van der Waals surface area contributed by atoms with Gasteiger partial charge >= 0.3 is 0 Å². The summed E-state index contributed by atoms with van der Waals surface area (Å²) in [6.45, 7) is 1.56. The molecule has 0 saturated carbocycles. The molecule has 0 spiro atoms. The van der Waals surface area contributed by atoms with E-state index in [2.05, 4.69) is 16.4 Å². The summed E-state index contributed by atoms with van der Waals surface area (Å²) in [7, 11) is 1.51. The molecule has 1 atom stereocenters. The molecule has 1 aromatic carbocycles. The van der Waals surface area contributed by atoms with Crippen molar-refractivity contribution in [3.63, 3.8) is 0 Å². The first-order valence-corrected chi connectivity index (χ1v) is 6.86. The van der Waals surface area contributed by atoms with Crippen LogP contribution in [0.3, 0.4) is 0 Å². The van der Waals surface area contributed by atoms with E-state index in [-0.39, 0.29) is 0 Å². The molecule has 1 amide bonds. The van der Waals surface area contributed by atoms with E-state index in [0.717, 1.165) is 0 Å². The van der Waals surface area contributed by atoms with Crippen LogP contribution in [0.25, 0.3) is 0 Å². The molecule has 112 valence electrons. The smallest absolute Gasteiger partial charge is 0.249 e. The number of nitrogens with one attached hydrogen (secondary N) is 1. The normalized spacial score (nSPS) is 12.8. The van der Waals surface area contributed by atoms with Gasteiger partial charge in [0.1, 0.15) is 0 Å². The van der Waals surface area contributed by atoms with E-state index >= 15 is 0 Å². The predicted molar refractivity (Wildman–Crippen MR) is 83.8 cm³/mol. The molecule has 0 saturated heterocycles. The third kappa shape index (κ3) is 3.18. The van der Waals surface area contributed by atoms with E-state index < -0.39 is 11.3 Å². The lowest BCUT2D eigenvalue weighted by atomic mass is 9.83. The fourth-order valence-corrected chi connectivity index (χ4v) is 1.99. The Balaban J connectivity index is 2.24. The van der Waals surface area contributed by atoms with Crippen molar-refractivity contribution in [3.8, 4) is 11.9 Å². The number of carbonyl (C=O) groups is 1. The van der Waals surface area contributed by atoms with Crippen LogP contribution in [0, 0.1) is 11.3 Å². The maximum absolute atomic E-state index is 12.5. The molecule has 1 heterocycles. The topological polar surface area (TPSA) is 75.0 Å². The molecule has 0 bridgehead atoms. The van der Waals surface area contributed by atoms with Crippen molar-refractivity contribution in [1.29, 1.82) is 5.26 Å². The zero-order chi connectivity index (χ0) is 16.2. The molecule has 5 nitrogen and oxygen atoms in total. The van der Waals surface area contributed by atoms with Gasteiger partial charge in [0.2, 0.25) is 11.8 Å². The van der Waals surface area contributed by atoms with Crippen LogP contribution in [0.4, 0.5) is 5.69 Å².